The van der Waals surface area contributed by atoms with Gasteiger partial charge in [-0.15, -0.1) is 0 Å². The summed E-state index contributed by atoms with van der Waals surface area (Å²) < 4.78 is 40.5. The van der Waals surface area contributed by atoms with Gasteiger partial charge in [-0.1, -0.05) is 39.4 Å². The van der Waals surface area contributed by atoms with E-state index < -0.39 is 27.9 Å². The van der Waals surface area contributed by atoms with Crippen LogP contribution in [0.3, 0.4) is 0 Å². The highest BCUT2D eigenvalue weighted by molar-refractivity contribution is 9.10. The molecule has 7 nitrogen and oxygen atoms in total. The number of halogens is 4. The quantitative estimate of drug-likeness (QED) is 0.336. The van der Waals surface area contributed by atoms with Crippen LogP contribution < -0.4 is 10.5 Å². The molecule has 0 N–H and O–H groups in total. The van der Waals surface area contributed by atoms with Gasteiger partial charge in [-0.3, -0.25) is 19.8 Å². The van der Waals surface area contributed by atoms with Crippen LogP contribution in [0.1, 0.15) is 11.1 Å². The van der Waals surface area contributed by atoms with Crippen LogP contribution in [0.15, 0.2) is 45.7 Å². The largest absolute Gasteiger partial charge is 0.416 e. The van der Waals surface area contributed by atoms with E-state index in [0.29, 0.717) is 42.2 Å². The second-order valence-corrected chi connectivity index (χ2v) is 10.6. The van der Waals surface area contributed by atoms with Crippen molar-refractivity contribution in [3.8, 4) is 0 Å². The summed E-state index contributed by atoms with van der Waals surface area (Å²) in [5.74, 6) is 0.718. The van der Waals surface area contributed by atoms with Crippen LogP contribution in [0, 0.1) is 22.0 Å². The number of fused-ring (bicyclic) bond motifs is 2. The fourth-order valence-electron chi connectivity index (χ4n) is 4.80. The van der Waals surface area contributed by atoms with E-state index >= 15 is 0 Å². The van der Waals surface area contributed by atoms with Crippen molar-refractivity contribution < 1.29 is 18.1 Å². The third kappa shape index (κ3) is 4.41. The molecule has 34 heavy (non-hydrogen) atoms. The Morgan fingerprint density at radius 3 is 2.35 bits per heavy atom. The van der Waals surface area contributed by atoms with E-state index in [1.807, 2.05) is 17.0 Å². The number of hydrogen-bond donors (Lipinski definition) is 0. The molecule has 2 aliphatic rings. The second kappa shape index (κ2) is 8.58. The molecule has 0 aliphatic carbocycles. The number of nitro benzene ring substituents is 1. The van der Waals surface area contributed by atoms with Crippen molar-refractivity contribution in [3.63, 3.8) is 0 Å². The molecule has 0 radical (unpaired) electrons. The van der Waals surface area contributed by atoms with Gasteiger partial charge >= 0.3 is 6.18 Å². The molecule has 1 aromatic heterocycles. The van der Waals surface area contributed by atoms with Gasteiger partial charge in [0, 0.05) is 43.3 Å². The fraction of sp³-hybridized carbons (Fsp3) is 0.364. The molecule has 2 aliphatic heterocycles. The molecule has 178 valence electrons. The molecule has 3 heterocycles. The van der Waals surface area contributed by atoms with Crippen molar-refractivity contribution in [2.75, 3.05) is 31.1 Å². The predicted molar refractivity (Wildman–Crippen MR) is 126 cm³/mol. The molecular formula is C22H18BrF3N4O3S. The number of benzene rings is 2. The smallest absolute Gasteiger partial charge is 0.347 e. The number of anilines is 1. The molecule has 5 rings (SSSR count). The molecule has 2 fully saturated rings. The number of nitro groups is 1. The van der Waals surface area contributed by atoms with Gasteiger partial charge in [0.1, 0.15) is 4.70 Å². The molecule has 2 saturated heterocycles. The van der Waals surface area contributed by atoms with E-state index in [4.69, 9.17) is 0 Å². The summed E-state index contributed by atoms with van der Waals surface area (Å²) in [5, 5.41) is 11.4. The van der Waals surface area contributed by atoms with Gasteiger partial charge in [-0.2, -0.15) is 18.2 Å². The number of non-ortho nitro benzene ring substituents is 1. The predicted octanol–water partition coefficient (Wildman–Crippen LogP) is 4.91. The van der Waals surface area contributed by atoms with Gasteiger partial charge in [0.25, 0.3) is 11.2 Å². The summed E-state index contributed by atoms with van der Waals surface area (Å²) in [6, 6.07) is 9.32. The summed E-state index contributed by atoms with van der Waals surface area (Å²) in [5.41, 5.74) is -1.62. The fourth-order valence-corrected chi connectivity index (χ4v) is 6.15. The van der Waals surface area contributed by atoms with Gasteiger partial charge in [0.2, 0.25) is 0 Å². The molecule has 0 spiro atoms. The number of likely N-dealkylation sites (tertiary alicyclic amines) is 1. The van der Waals surface area contributed by atoms with Crippen LogP contribution in [0.5, 0.6) is 0 Å². The Balaban J connectivity index is 1.38. The highest BCUT2D eigenvalue weighted by Crippen LogP contribution is 2.40. The van der Waals surface area contributed by atoms with Gasteiger partial charge in [-0.25, -0.2) is 0 Å². The number of nitrogens with zero attached hydrogens (tertiary/aromatic N) is 4. The van der Waals surface area contributed by atoms with Crippen LogP contribution in [0.25, 0.3) is 10.1 Å². The van der Waals surface area contributed by atoms with Crippen molar-refractivity contribution in [1.82, 2.24) is 9.88 Å². The molecule has 2 unspecified atom stereocenters. The minimum absolute atomic E-state index is 0.0816. The number of hydrogen-bond acceptors (Lipinski definition) is 7. The number of alkyl halides is 3. The van der Waals surface area contributed by atoms with Crippen LogP contribution in [-0.2, 0) is 12.7 Å². The van der Waals surface area contributed by atoms with E-state index in [0.717, 1.165) is 35.4 Å². The molecule has 2 aromatic carbocycles. The minimum Gasteiger partial charge on any atom is -0.347 e. The lowest BCUT2D eigenvalue weighted by molar-refractivity contribution is -0.383. The average molecular weight is 555 g/mol. The maximum absolute atomic E-state index is 13.2. The molecule has 0 bridgehead atoms. The Hall–Kier alpha value is -2.57. The molecule has 0 amide bonds. The normalized spacial score (nSPS) is 20.8. The minimum atomic E-state index is -4.80. The van der Waals surface area contributed by atoms with E-state index in [1.54, 1.807) is 0 Å². The third-order valence-corrected chi connectivity index (χ3v) is 8.06. The molecule has 2 atom stereocenters. The van der Waals surface area contributed by atoms with Crippen molar-refractivity contribution in [2.24, 2.45) is 11.8 Å². The van der Waals surface area contributed by atoms with Gasteiger partial charge in [0.15, 0.2) is 5.13 Å². The topological polar surface area (TPSA) is 79.6 Å². The van der Waals surface area contributed by atoms with Crippen LogP contribution in [-0.4, -0.2) is 41.0 Å². The van der Waals surface area contributed by atoms with Crippen molar-refractivity contribution in [3.05, 3.63) is 72.5 Å². The van der Waals surface area contributed by atoms with Crippen molar-refractivity contribution in [2.45, 2.75) is 12.7 Å². The highest BCUT2D eigenvalue weighted by Gasteiger charge is 2.41. The zero-order valence-electron chi connectivity index (χ0n) is 17.6. The SMILES string of the molecule is O=c1nc(N2CC3CN(Cc4ccc(Br)cc4)CC3C2)sc2c([N+](=O)[O-])cc(C(F)(F)F)cc12. The Kier molecular flexibility index (Phi) is 5.85. The molecule has 12 heteroatoms. The van der Waals surface area contributed by atoms with E-state index in [1.165, 1.54) is 5.56 Å². The number of rotatable bonds is 4. The average Bonchev–Trinajstić information content (AvgIpc) is 3.32. The van der Waals surface area contributed by atoms with Crippen LogP contribution >= 0.6 is 27.3 Å². The maximum atomic E-state index is 13.2. The van der Waals surface area contributed by atoms with Crippen molar-refractivity contribution in [1.29, 1.82) is 0 Å². The second-order valence-electron chi connectivity index (χ2n) is 8.67. The maximum Gasteiger partial charge on any atom is 0.416 e. The van der Waals surface area contributed by atoms with Gasteiger partial charge < -0.3 is 4.90 Å². The van der Waals surface area contributed by atoms with Crippen LogP contribution in [0.4, 0.5) is 24.0 Å². The monoisotopic (exact) mass is 554 g/mol. The van der Waals surface area contributed by atoms with Gasteiger partial charge in [-0.05, 0) is 35.6 Å². The summed E-state index contributed by atoms with van der Waals surface area (Å²) in [7, 11) is 0. The Bertz CT molecular complexity index is 1320. The Labute approximate surface area is 204 Å². The van der Waals surface area contributed by atoms with Gasteiger partial charge in [0.05, 0.1) is 15.9 Å². The molecule has 3 aromatic rings. The first-order valence-electron chi connectivity index (χ1n) is 10.5. The first-order valence-corrected chi connectivity index (χ1v) is 12.1. The summed E-state index contributed by atoms with van der Waals surface area (Å²) in [4.78, 5) is 31.6. The van der Waals surface area contributed by atoms with E-state index in [9.17, 15) is 28.1 Å². The number of aromatic nitrogens is 1. The van der Waals surface area contributed by atoms with Crippen molar-refractivity contribution >= 4 is 48.2 Å². The summed E-state index contributed by atoms with van der Waals surface area (Å²) in [6.07, 6.45) is -4.80. The zero-order chi connectivity index (χ0) is 24.2. The first-order chi connectivity index (χ1) is 16.1. The summed E-state index contributed by atoms with van der Waals surface area (Å²) >= 11 is 4.34. The lowest BCUT2D eigenvalue weighted by atomic mass is 10.0. The van der Waals surface area contributed by atoms with E-state index in [2.05, 4.69) is 37.9 Å². The lowest BCUT2D eigenvalue weighted by Crippen LogP contribution is -2.29. The molecular weight excluding hydrogens is 537 g/mol. The summed E-state index contributed by atoms with van der Waals surface area (Å²) in [6.45, 7) is 3.90. The zero-order valence-corrected chi connectivity index (χ0v) is 20.0. The Morgan fingerprint density at radius 1 is 1.12 bits per heavy atom. The molecule has 0 saturated carbocycles. The lowest BCUT2D eigenvalue weighted by Gasteiger charge is -2.22. The standard InChI is InChI=1S/C22H18BrF3N4O3S/c23-16-3-1-12(2-4-16)7-28-8-13-10-29(11-14(13)9-28)21-27-20(31)17-5-15(22(24,25)26)6-18(30(32)33)19(17)34-21/h1-6,13-14H,7-11H2. The van der Waals surface area contributed by atoms with E-state index in [-0.39, 0.29) is 10.1 Å². The third-order valence-electron chi connectivity index (χ3n) is 6.37. The highest BCUT2D eigenvalue weighted by atomic mass is 79.9. The first kappa shape index (κ1) is 23.2. The van der Waals surface area contributed by atoms with Crippen LogP contribution in [0.2, 0.25) is 0 Å². The Morgan fingerprint density at radius 2 is 1.76 bits per heavy atom.